The number of carbonyl (C=O) groups is 2. The molecule has 2 aromatic rings. The average molecular weight is 452 g/mol. The molecular formula is C20H22ClN3O5S. The number of halogens is 1. The van der Waals surface area contributed by atoms with Crippen LogP contribution in [0.2, 0.25) is 5.02 Å². The second kappa shape index (κ2) is 9.46. The number of benzene rings is 2. The monoisotopic (exact) mass is 451 g/mol. The van der Waals surface area contributed by atoms with E-state index >= 15 is 0 Å². The maximum atomic E-state index is 12.7. The molecule has 3 rings (SSSR count). The van der Waals surface area contributed by atoms with Crippen LogP contribution in [0.5, 0.6) is 5.75 Å². The highest BCUT2D eigenvalue weighted by Gasteiger charge is 2.26. The molecule has 0 aliphatic carbocycles. The zero-order valence-corrected chi connectivity index (χ0v) is 17.7. The topological polar surface area (TPSA) is 119 Å². The lowest BCUT2D eigenvalue weighted by Gasteiger charge is -2.26. The van der Waals surface area contributed by atoms with Crippen molar-refractivity contribution in [3.63, 3.8) is 0 Å². The molecular weight excluding hydrogens is 430 g/mol. The van der Waals surface area contributed by atoms with Crippen molar-refractivity contribution in [2.75, 3.05) is 25.0 Å². The van der Waals surface area contributed by atoms with E-state index in [0.29, 0.717) is 24.3 Å². The van der Waals surface area contributed by atoms with Gasteiger partial charge in [0.2, 0.25) is 15.9 Å². The van der Waals surface area contributed by atoms with Crippen LogP contribution in [0.25, 0.3) is 0 Å². The zero-order chi connectivity index (χ0) is 21.7. The van der Waals surface area contributed by atoms with Crippen LogP contribution in [-0.2, 0) is 14.8 Å². The summed E-state index contributed by atoms with van der Waals surface area (Å²) in [5.41, 5.74) is 5.98. The van der Waals surface area contributed by atoms with Crippen molar-refractivity contribution in [3.05, 3.63) is 53.1 Å². The number of piperidine rings is 1. The van der Waals surface area contributed by atoms with Gasteiger partial charge in [-0.05, 0) is 55.3 Å². The van der Waals surface area contributed by atoms with Crippen LogP contribution in [-0.4, -0.2) is 44.2 Å². The molecule has 1 fully saturated rings. The van der Waals surface area contributed by atoms with E-state index in [1.165, 1.54) is 34.6 Å². The molecule has 160 valence electrons. The molecule has 0 unspecified atom stereocenters. The van der Waals surface area contributed by atoms with Crippen LogP contribution in [0.3, 0.4) is 0 Å². The Hall–Kier alpha value is -2.62. The molecule has 1 aliphatic heterocycles. The standard InChI is InChI=1S/C20H22ClN3O5S/c21-17-12-16(30(27,28)24-10-2-1-3-11-24)8-9-18(17)29-13-19(25)23-15-6-4-14(5-7-15)20(22)26/h4-9,12H,1-3,10-11,13H2,(H2,22,26)(H,23,25). The van der Waals surface area contributed by atoms with Gasteiger partial charge < -0.3 is 15.8 Å². The summed E-state index contributed by atoms with van der Waals surface area (Å²) < 4.78 is 32.3. The lowest BCUT2D eigenvalue weighted by atomic mass is 10.2. The minimum atomic E-state index is -3.60. The Balaban J connectivity index is 1.60. The summed E-state index contributed by atoms with van der Waals surface area (Å²) >= 11 is 6.18. The van der Waals surface area contributed by atoms with E-state index in [9.17, 15) is 18.0 Å². The van der Waals surface area contributed by atoms with Gasteiger partial charge in [-0.2, -0.15) is 4.31 Å². The molecule has 0 spiro atoms. The molecule has 10 heteroatoms. The van der Waals surface area contributed by atoms with Crippen LogP contribution < -0.4 is 15.8 Å². The summed E-state index contributed by atoms with van der Waals surface area (Å²) in [5.74, 6) is -0.798. The van der Waals surface area contributed by atoms with Crippen molar-refractivity contribution in [3.8, 4) is 5.75 Å². The summed E-state index contributed by atoms with van der Waals surface area (Å²) in [5, 5.41) is 2.72. The number of carbonyl (C=O) groups excluding carboxylic acids is 2. The highest BCUT2D eigenvalue weighted by Crippen LogP contribution is 2.29. The van der Waals surface area contributed by atoms with Gasteiger partial charge in [-0.1, -0.05) is 18.0 Å². The molecule has 3 N–H and O–H groups in total. The second-order valence-electron chi connectivity index (χ2n) is 6.84. The fourth-order valence-electron chi connectivity index (χ4n) is 3.07. The Kier molecular flexibility index (Phi) is 6.96. The largest absolute Gasteiger partial charge is 0.482 e. The Labute approximate surface area is 180 Å². The van der Waals surface area contributed by atoms with Gasteiger partial charge in [-0.3, -0.25) is 9.59 Å². The highest BCUT2D eigenvalue weighted by molar-refractivity contribution is 7.89. The lowest BCUT2D eigenvalue weighted by molar-refractivity contribution is -0.118. The normalized spacial score (nSPS) is 14.8. The summed E-state index contributed by atoms with van der Waals surface area (Å²) in [7, 11) is -3.60. The molecule has 2 amide bonds. The van der Waals surface area contributed by atoms with E-state index in [2.05, 4.69) is 5.32 Å². The quantitative estimate of drug-likeness (QED) is 0.670. The maximum Gasteiger partial charge on any atom is 0.262 e. The predicted molar refractivity (Wildman–Crippen MR) is 113 cm³/mol. The smallest absolute Gasteiger partial charge is 0.262 e. The molecule has 1 heterocycles. The molecule has 1 saturated heterocycles. The maximum absolute atomic E-state index is 12.7. The number of hydrogen-bond donors (Lipinski definition) is 2. The van der Waals surface area contributed by atoms with Gasteiger partial charge in [0.15, 0.2) is 6.61 Å². The van der Waals surface area contributed by atoms with E-state index in [1.807, 2.05) is 0 Å². The SMILES string of the molecule is NC(=O)c1ccc(NC(=O)COc2ccc(S(=O)(=O)N3CCCCC3)cc2Cl)cc1. The number of primary amides is 1. The third kappa shape index (κ3) is 5.29. The Morgan fingerprint density at radius 1 is 1.07 bits per heavy atom. The number of nitrogens with one attached hydrogen (secondary N) is 1. The molecule has 2 aromatic carbocycles. The number of hydrogen-bond acceptors (Lipinski definition) is 5. The number of amides is 2. The first kappa shape index (κ1) is 22.1. The van der Waals surface area contributed by atoms with Gasteiger partial charge in [0.25, 0.3) is 5.91 Å². The zero-order valence-electron chi connectivity index (χ0n) is 16.1. The number of nitrogens with zero attached hydrogens (tertiary/aromatic N) is 1. The van der Waals surface area contributed by atoms with E-state index in [-0.39, 0.29) is 22.3 Å². The molecule has 0 aromatic heterocycles. The van der Waals surface area contributed by atoms with Crippen molar-refractivity contribution < 1.29 is 22.7 Å². The van der Waals surface area contributed by atoms with Gasteiger partial charge >= 0.3 is 0 Å². The van der Waals surface area contributed by atoms with Gasteiger partial charge in [-0.25, -0.2) is 8.42 Å². The highest BCUT2D eigenvalue weighted by atomic mass is 35.5. The first-order valence-electron chi connectivity index (χ1n) is 9.39. The van der Waals surface area contributed by atoms with Crippen LogP contribution in [0, 0.1) is 0 Å². The minimum Gasteiger partial charge on any atom is -0.482 e. The molecule has 8 nitrogen and oxygen atoms in total. The van der Waals surface area contributed by atoms with Crippen LogP contribution in [0.1, 0.15) is 29.6 Å². The fourth-order valence-corrected chi connectivity index (χ4v) is 4.92. The first-order chi connectivity index (χ1) is 14.3. The third-order valence-electron chi connectivity index (χ3n) is 4.67. The number of ether oxygens (including phenoxy) is 1. The van der Waals surface area contributed by atoms with E-state index in [4.69, 9.17) is 22.1 Å². The van der Waals surface area contributed by atoms with Crippen LogP contribution in [0.15, 0.2) is 47.4 Å². The summed E-state index contributed by atoms with van der Waals surface area (Å²) in [6, 6.07) is 10.3. The van der Waals surface area contributed by atoms with Crippen molar-refractivity contribution in [2.24, 2.45) is 5.73 Å². The Morgan fingerprint density at radius 3 is 2.33 bits per heavy atom. The van der Waals surface area contributed by atoms with E-state index in [0.717, 1.165) is 19.3 Å². The predicted octanol–water partition coefficient (Wildman–Crippen LogP) is 2.63. The summed E-state index contributed by atoms with van der Waals surface area (Å²) in [4.78, 5) is 23.2. The molecule has 0 bridgehead atoms. The third-order valence-corrected chi connectivity index (χ3v) is 6.86. The molecule has 0 saturated carbocycles. The number of nitrogens with two attached hydrogens (primary N) is 1. The molecule has 0 radical (unpaired) electrons. The van der Waals surface area contributed by atoms with Crippen molar-refractivity contribution >= 4 is 39.1 Å². The Morgan fingerprint density at radius 2 is 1.73 bits per heavy atom. The van der Waals surface area contributed by atoms with Crippen LogP contribution >= 0.6 is 11.6 Å². The van der Waals surface area contributed by atoms with Gasteiger partial charge in [0, 0.05) is 24.3 Å². The second-order valence-corrected chi connectivity index (χ2v) is 9.18. The number of sulfonamides is 1. The summed E-state index contributed by atoms with van der Waals surface area (Å²) in [6.07, 6.45) is 2.71. The van der Waals surface area contributed by atoms with Crippen molar-refractivity contribution in [1.29, 1.82) is 0 Å². The lowest BCUT2D eigenvalue weighted by Crippen LogP contribution is -2.35. The average Bonchev–Trinajstić information content (AvgIpc) is 2.73. The molecule has 1 aliphatic rings. The van der Waals surface area contributed by atoms with Gasteiger partial charge in [0.1, 0.15) is 5.75 Å². The van der Waals surface area contributed by atoms with Gasteiger partial charge in [-0.15, -0.1) is 0 Å². The minimum absolute atomic E-state index is 0.0979. The number of rotatable bonds is 7. The number of anilines is 1. The first-order valence-corrected chi connectivity index (χ1v) is 11.2. The van der Waals surface area contributed by atoms with Gasteiger partial charge in [0.05, 0.1) is 9.92 Å². The molecule has 30 heavy (non-hydrogen) atoms. The van der Waals surface area contributed by atoms with E-state index < -0.39 is 21.8 Å². The van der Waals surface area contributed by atoms with Crippen LogP contribution in [0.4, 0.5) is 5.69 Å². The van der Waals surface area contributed by atoms with Crippen molar-refractivity contribution in [2.45, 2.75) is 24.2 Å². The Bertz CT molecular complexity index is 1030. The van der Waals surface area contributed by atoms with Crippen molar-refractivity contribution in [1.82, 2.24) is 4.31 Å². The molecule has 0 atom stereocenters. The summed E-state index contributed by atoms with van der Waals surface area (Å²) in [6.45, 7) is 0.674. The fraction of sp³-hybridized carbons (Fsp3) is 0.300. The van der Waals surface area contributed by atoms with E-state index in [1.54, 1.807) is 12.1 Å².